The Kier molecular flexibility index (Phi) is 28.7. The van der Waals surface area contributed by atoms with Gasteiger partial charge in [-0.25, -0.2) is 0 Å². The van der Waals surface area contributed by atoms with Gasteiger partial charge in [-0.2, -0.15) is 0 Å². The van der Waals surface area contributed by atoms with E-state index in [4.69, 9.17) is 4.74 Å². The molecule has 38 heavy (non-hydrogen) atoms. The number of allylic oxidation sites excluding steroid dienone is 2. The Morgan fingerprint density at radius 3 is 1.45 bits per heavy atom. The summed E-state index contributed by atoms with van der Waals surface area (Å²) in [4.78, 5) is 23.0. The van der Waals surface area contributed by atoms with E-state index in [0.717, 1.165) is 19.3 Å². The molecule has 1 N–H and O–H groups in total. The zero-order valence-corrected chi connectivity index (χ0v) is 25.1. The molecular formula is C34H62O4. The van der Waals surface area contributed by atoms with Gasteiger partial charge in [-0.1, -0.05) is 160 Å². The maximum Gasteiger partial charge on any atom is 0.307 e. The van der Waals surface area contributed by atoms with E-state index in [-0.39, 0.29) is 13.0 Å². The van der Waals surface area contributed by atoms with Gasteiger partial charge in [0.15, 0.2) is 0 Å². The van der Waals surface area contributed by atoms with Gasteiger partial charge in [0, 0.05) is 0 Å². The van der Waals surface area contributed by atoms with Crippen LogP contribution in [0.4, 0.5) is 0 Å². The summed E-state index contributed by atoms with van der Waals surface area (Å²) < 4.78 is 4.91. The fourth-order valence-corrected chi connectivity index (χ4v) is 4.94. The second-order valence-electron chi connectivity index (χ2n) is 11.1. The average Bonchev–Trinajstić information content (AvgIpc) is 2.91. The number of aliphatic carboxylic acids is 1. The third-order valence-electron chi connectivity index (χ3n) is 7.44. The zero-order valence-electron chi connectivity index (χ0n) is 25.1. The van der Waals surface area contributed by atoms with Crippen LogP contribution in [0.2, 0.25) is 0 Å². The Morgan fingerprint density at radius 2 is 1.05 bits per heavy atom. The summed E-state index contributed by atoms with van der Waals surface area (Å²) in [6.45, 7) is 5.89. The summed E-state index contributed by atoms with van der Waals surface area (Å²) in [5.41, 5.74) is 0. The van der Waals surface area contributed by atoms with Crippen LogP contribution in [0.5, 0.6) is 0 Å². The summed E-state index contributed by atoms with van der Waals surface area (Å²) >= 11 is 0. The first-order valence-corrected chi connectivity index (χ1v) is 16.3. The van der Waals surface area contributed by atoms with Crippen LogP contribution in [0, 0.1) is 5.92 Å². The molecule has 222 valence electrons. The van der Waals surface area contributed by atoms with Gasteiger partial charge >= 0.3 is 11.9 Å². The van der Waals surface area contributed by atoms with Gasteiger partial charge in [-0.05, 0) is 25.7 Å². The Bertz CT molecular complexity index is 569. The molecule has 0 aromatic heterocycles. The van der Waals surface area contributed by atoms with E-state index in [1.54, 1.807) is 0 Å². The molecule has 0 aliphatic heterocycles. The van der Waals surface area contributed by atoms with E-state index in [0.29, 0.717) is 6.42 Å². The average molecular weight is 535 g/mol. The zero-order chi connectivity index (χ0) is 27.9. The highest BCUT2D eigenvalue weighted by atomic mass is 16.5. The molecule has 0 spiro atoms. The standard InChI is InChI=1S/C34H62O4/c1-3-5-6-7-8-9-10-11-12-13-14-15-16-17-18-19-20-21-22-23-24-25-26-27-28-29-32(34(36)37)31-33(35)38-30-4-2/h4,7-8,32H,2-3,5-6,9-31H2,1H3,(H,36,37)/b8-7+. The van der Waals surface area contributed by atoms with Crippen LogP contribution >= 0.6 is 0 Å². The van der Waals surface area contributed by atoms with Crippen molar-refractivity contribution in [2.75, 3.05) is 6.61 Å². The summed E-state index contributed by atoms with van der Waals surface area (Å²) in [5.74, 6) is -1.98. The smallest absolute Gasteiger partial charge is 0.307 e. The molecule has 0 fully saturated rings. The van der Waals surface area contributed by atoms with Crippen LogP contribution < -0.4 is 0 Å². The lowest BCUT2D eigenvalue weighted by molar-refractivity contribution is -0.151. The molecule has 0 amide bonds. The molecule has 1 atom stereocenters. The molecule has 4 nitrogen and oxygen atoms in total. The topological polar surface area (TPSA) is 63.6 Å². The van der Waals surface area contributed by atoms with Gasteiger partial charge in [0.05, 0.1) is 12.3 Å². The maximum absolute atomic E-state index is 11.6. The second-order valence-corrected chi connectivity index (χ2v) is 11.1. The molecule has 0 radical (unpaired) electrons. The van der Waals surface area contributed by atoms with Gasteiger partial charge in [0.25, 0.3) is 0 Å². The summed E-state index contributed by atoms with van der Waals surface area (Å²) in [7, 11) is 0. The minimum absolute atomic E-state index is 0.0408. The van der Waals surface area contributed by atoms with Gasteiger partial charge in [0.1, 0.15) is 6.61 Å². The number of carbonyl (C=O) groups excluding carboxylic acids is 1. The Morgan fingerprint density at radius 1 is 0.658 bits per heavy atom. The van der Waals surface area contributed by atoms with Crippen LogP contribution in [-0.2, 0) is 14.3 Å². The lowest BCUT2D eigenvalue weighted by atomic mass is 9.97. The molecule has 0 rings (SSSR count). The molecule has 0 bridgehead atoms. The lowest BCUT2D eigenvalue weighted by Gasteiger charge is -2.11. The lowest BCUT2D eigenvalue weighted by Crippen LogP contribution is -2.19. The van der Waals surface area contributed by atoms with Crippen molar-refractivity contribution in [2.45, 2.75) is 167 Å². The number of carboxylic acid groups (broad SMARTS) is 1. The van der Waals surface area contributed by atoms with E-state index in [1.165, 1.54) is 134 Å². The van der Waals surface area contributed by atoms with E-state index in [9.17, 15) is 14.7 Å². The second kappa shape index (κ2) is 30.0. The number of hydrogen-bond acceptors (Lipinski definition) is 3. The number of esters is 1. The van der Waals surface area contributed by atoms with E-state index < -0.39 is 17.9 Å². The fraction of sp³-hybridized carbons (Fsp3) is 0.824. The van der Waals surface area contributed by atoms with Gasteiger partial charge in [0.2, 0.25) is 0 Å². The quantitative estimate of drug-likeness (QED) is 0.0565. The van der Waals surface area contributed by atoms with E-state index in [2.05, 4.69) is 25.7 Å². The number of rotatable bonds is 30. The summed E-state index contributed by atoms with van der Waals surface area (Å²) in [6.07, 6.45) is 37.1. The van der Waals surface area contributed by atoms with Gasteiger partial charge in [-0.3, -0.25) is 9.59 Å². The van der Waals surface area contributed by atoms with Crippen molar-refractivity contribution in [1.29, 1.82) is 0 Å². The largest absolute Gasteiger partial charge is 0.481 e. The third-order valence-corrected chi connectivity index (χ3v) is 7.44. The number of unbranched alkanes of at least 4 members (excludes halogenated alkanes) is 21. The van der Waals surface area contributed by atoms with Crippen molar-refractivity contribution in [3.8, 4) is 0 Å². The Labute approximate surface area is 236 Å². The van der Waals surface area contributed by atoms with Crippen LogP contribution in [0.1, 0.15) is 167 Å². The molecule has 0 aromatic rings. The molecule has 0 saturated carbocycles. The number of carboxylic acids is 1. The van der Waals surface area contributed by atoms with Crippen LogP contribution in [0.3, 0.4) is 0 Å². The van der Waals surface area contributed by atoms with Crippen LogP contribution in [-0.4, -0.2) is 23.7 Å². The summed E-state index contributed by atoms with van der Waals surface area (Å²) in [6, 6.07) is 0. The van der Waals surface area contributed by atoms with Crippen molar-refractivity contribution >= 4 is 11.9 Å². The highest BCUT2D eigenvalue weighted by molar-refractivity contribution is 5.78. The minimum Gasteiger partial charge on any atom is -0.481 e. The van der Waals surface area contributed by atoms with E-state index in [1.807, 2.05) is 0 Å². The summed E-state index contributed by atoms with van der Waals surface area (Å²) in [5, 5.41) is 9.31. The molecule has 4 heteroatoms. The van der Waals surface area contributed by atoms with Gasteiger partial charge < -0.3 is 9.84 Å². The molecule has 0 aliphatic carbocycles. The number of carbonyl (C=O) groups is 2. The van der Waals surface area contributed by atoms with Crippen molar-refractivity contribution in [1.82, 2.24) is 0 Å². The fourth-order valence-electron chi connectivity index (χ4n) is 4.94. The molecule has 0 saturated heterocycles. The van der Waals surface area contributed by atoms with Crippen LogP contribution in [0.15, 0.2) is 24.8 Å². The molecular weight excluding hydrogens is 472 g/mol. The first kappa shape index (κ1) is 36.4. The van der Waals surface area contributed by atoms with Gasteiger partial charge in [-0.15, -0.1) is 0 Å². The highest BCUT2D eigenvalue weighted by Gasteiger charge is 2.21. The van der Waals surface area contributed by atoms with Crippen LogP contribution in [0.25, 0.3) is 0 Å². The Hall–Kier alpha value is -1.58. The minimum atomic E-state index is -0.900. The molecule has 0 heterocycles. The number of hydrogen-bond donors (Lipinski definition) is 1. The van der Waals surface area contributed by atoms with E-state index >= 15 is 0 Å². The first-order chi connectivity index (χ1) is 18.6. The third kappa shape index (κ3) is 27.5. The Balaban J connectivity index is 3.31. The maximum atomic E-state index is 11.6. The molecule has 0 aromatic carbocycles. The van der Waals surface area contributed by atoms with Crippen molar-refractivity contribution in [2.24, 2.45) is 5.92 Å². The van der Waals surface area contributed by atoms with Crippen molar-refractivity contribution in [3.05, 3.63) is 24.8 Å². The highest BCUT2D eigenvalue weighted by Crippen LogP contribution is 2.18. The monoisotopic (exact) mass is 534 g/mol. The number of ether oxygens (including phenoxy) is 1. The van der Waals surface area contributed by atoms with Crippen molar-refractivity contribution in [3.63, 3.8) is 0 Å². The SMILES string of the molecule is C=CCOC(=O)CC(CCCCCCCCCCCCCCCCCCCCC/C=C/CCCC)C(=O)O. The van der Waals surface area contributed by atoms with Crippen molar-refractivity contribution < 1.29 is 19.4 Å². The normalized spacial score (nSPS) is 12.1. The molecule has 1 unspecified atom stereocenters. The predicted molar refractivity (Wildman–Crippen MR) is 163 cm³/mol. The predicted octanol–water partition coefficient (Wildman–Crippen LogP) is 10.7. The molecule has 0 aliphatic rings. The first-order valence-electron chi connectivity index (χ1n) is 16.3.